The number of aromatic hydroxyl groups is 1. The highest BCUT2D eigenvalue weighted by Crippen LogP contribution is 2.29. The Morgan fingerprint density at radius 3 is 2.38 bits per heavy atom. The van der Waals surface area contributed by atoms with E-state index in [1.165, 1.54) is 32.0 Å². The topological polar surface area (TPSA) is 157 Å². The van der Waals surface area contributed by atoms with Crippen molar-refractivity contribution >= 4 is 35.9 Å². The highest BCUT2D eigenvalue weighted by atomic mass is 16.6. The van der Waals surface area contributed by atoms with Gasteiger partial charge in [0.1, 0.15) is 12.2 Å². The van der Waals surface area contributed by atoms with Crippen molar-refractivity contribution in [2.24, 2.45) is 17.8 Å². The van der Waals surface area contributed by atoms with Crippen LogP contribution in [-0.2, 0) is 33.4 Å². The molecule has 222 valence electrons. The van der Waals surface area contributed by atoms with E-state index in [9.17, 15) is 29.1 Å². The van der Waals surface area contributed by atoms with Crippen molar-refractivity contribution < 1.29 is 43.3 Å². The molecule has 11 nitrogen and oxygen atoms in total. The molecule has 1 aliphatic heterocycles. The Morgan fingerprint density at radius 2 is 1.75 bits per heavy atom. The predicted octanol–water partition coefficient (Wildman–Crippen LogP) is 3.73. The largest absolute Gasteiger partial charge is 0.505 e. The van der Waals surface area contributed by atoms with Gasteiger partial charge in [-0.05, 0) is 50.7 Å². The van der Waals surface area contributed by atoms with Gasteiger partial charge < -0.3 is 30.0 Å². The summed E-state index contributed by atoms with van der Waals surface area (Å²) in [4.78, 5) is 63.2. The van der Waals surface area contributed by atoms with E-state index in [0.717, 1.165) is 6.42 Å². The van der Waals surface area contributed by atoms with Crippen molar-refractivity contribution in [2.45, 2.75) is 98.0 Å². The van der Waals surface area contributed by atoms with Crippen LogP contribution in [-0.4, -0.2) is 59.7 Å². The standard InChI is InChI=1S/C29H42N2O9/c1-7-17(4)12-14-23(33)40-26-19(6)39-29(37)24(18(5)38-28(36)21(26)13-11-16(2)3)31-27(35)20-9-8-10-22(25(20)34)30-15-32/h8-10,15-19,21,24,26,34H,7,11-14H2,1-6H3,(H,30,32)(H,31,35)/t17?,18-,19+,21-,24+,26+/m1/s1. The highest BCUT2D eigenvalue weighted by molar-refractivity contribution is 6.01. The van der Waals surface area contributed by atoms with E-state index >= 15 is 0 Å². The molecule has 1 aromatic carbocycles. The maximum absolute atomic E-state index is 13.4. The maximum Gasteiger partial charge on any atom is 0.332 e. The van der Waals surface area contributed by atoms with Crippen LogP contribution in [0.15, 0.2) is 18.2 Å². The molecule has 11 heteroatoms. The third-order valence-electron chi connectivity index (χ3n) is 7.13. The van der Waals surface area contributed by atoms with E-state index in [2.05, 4.69) is 10.6 Å². The summed E-state index contributed by atoms with van der Waals surface area (Å²) in [5.74, 6) is -3.72. The zero-order valence-corrected chi connectivity index (χ0v) is 24.1. The predicted molar refractivity (Wildman–Crippen MR) is 146 cm³/mol. The normalized spacial score (nSPS) is 24.0. The minimum atomic E-state index is -1.42. The quantitative estimate of drug-likeness (QED) is 0.149. The molecule has 1 unspecified atom stereocenters. The zero-order valence-electron chi connectivity index (χ0n) is 24.1. The van der Waals surface area contributed by atoms with E-state index in [4.69, 9.17) is 14.2 Å². The molecule has 1 heterocycles. The van der Waals surface area contributed by atoms with Crippen molar-refractivity contribution in [1.82, 2.24) is 5.32 Å². The fourth-order valence-electron chi connectivity index (χ4n) is 4.37. The Morgan fingerprint density at radius 1 is 1.07 bits per heavy atom. The van der Waals surface area contributed by atoms with Gasteiger partial charge in [-0.15, -0.1) is 0 Å². The number of rotatable bonds is 12. The third kappa shape index (κ3) is 8.96. The molecule has 6 atom stereocenters. The van der Waals surface area contributed by atoms with E-state index in [1.807, 2.05) is 27.7 Å². The number of hydrogen-bond donors (Lipinski definition) is 3. The second-order valence-corrected chi connectivity index (χ2v) is 10.8. The lowest BCUT2D eigenvalue weighted by molar-refractivity contribution is -0.175. The SMILES string of the molecule is CCC(C)CCC(=O)O[C@H]1[C@H](C)OC(=O)[C@@H](NC(=O)c2cccc(NC=O)c2O)[C@@H](C)OC(=O)[C@@H]1CCC(C)C. The summed E-state index contributed by atoms with van der Waals surface area (Å²) >= 11 is 0. The first kappa shape index (κ1) is 32.6. The Balaban J connectivity index is 2.33. The molecule has 1 aliphatic rings. The minimum absolute atomic E-state index is 0.00114. The van der Waals surface area contributed by atoms with Crippen LogP contribution in [0.1, 0.15) is 84.0 Å². The maximum atomic E-state index is 13.4. The average molecular weight is 563 g/mol. The molecule has 2 amide bonds. The van der Waals surface area contributed by atoms with Gasteiger partial charge >= 0.3 is 17.9 Å². The third-order valence-corrected chi connectivity index (χ3v) is 7.13. The smallest absolute Gasteiger partial charge is 0.332 e. The number of ether oxygens (including phenoxy) is 3. The van der Waals surface area contributed by atoms with Crippen LogP contribution >= 0.6 is 0 Å². The number of amides is 2. The number of para-hydroxylation sites is 1. The van der Waals surface area contributed by atoms with Crippen LogP contribution in [0.3, 0.4) is 0 Å². The van der Waals surface area contributed by atoms with Gasteiger partial charge in [0.25, 0.3) is 5.91 Å². The van der Waals surface area contributed by atoms with Gasteiger partial charge in [-0.25, -0.2) is 4.79 Å². The second-order valence-electron chi connectivity index (χ2n) is 10.8. The zero-order chi connectivity index (χ0) is 30.0. The van der Waals surface area contributed by atoms with E-state index in [0.29, 0.717) is 31.6 Å². The van der Waals surface area contributed by atoms with Crippen molar-refractivity contribution in [3.05, 3.63) is 23.8 Å². The summed E-state index contributed by atoms with van der Waals surface area (Å²) in [6, 6.07) is 2.71. The Hall–Kier alpha value is -3.63. The molecule has 3 N–H and O–H groups in total. The van der Waals surface area contributed by atoms with Crippen molar-refractivity contribution in [3.8, 4) is 5.75 Å². The van der Waals surface area contributed by atoms with Gasteiger partial charge in [-0.3, -0.25) is 19.2 Å². The lowest BCUT2D eigenvalue weighted by atomic mass is 9.90. The van der Waals surface area contributed by atoms with Gasteiger partial charge in [-0.1, -0.05) is 46.6 Å². The van der Waals surface area contributed by atoms with Crippen molar-refractivity contribution in [1.29, 1.82) is 0 Å². The van der Waals surface area contributed by atoms with Crippen LogP contribution in [0.25, 0.3) is 0 Å². The van der Waals surface area contributed by atoms with E-state index < -0.39 is 59.8 Å². The number of anilines is 1. The fraction of sp³-hybridized carbons (Fsp3) is 0.621. The Labute approximate surface area is 235 Å². The molecule has 0 radical (unpaired) electrons. The summed E-state index contributed by atoms with van der Waals surface area (Å²) in [7, 11) is 0. The summed E-state index contributed by atoms with van der Waals surface area (Å²) < 4.78 is 17.0. The van der Waals surface area contributed by atoms with Crippen LogP contribution in [0.4, 0.5) is 5.69 Å². The van der Waals surface area contributed by atoms with Crippen LogP contribution in [0.2, 0.25) is 0 Å². The first-order chi connectivity index (χ1) is 18.9. The number of hydrogen-bond acceptors (Lipinski definition) is 9. The Bertz CT molecular complexity index is 1060. The second kappa shape index (κ2) is 15.2. The molecule has 2 rings (SSSR count). The Kier molecular flexibility index (Phi) is 12.4. The number of nitrogens with one attached hydrogen (secondary N) is 2. The molecule has 1 saturated heterocycles. The number of phenolic OH excluding ortho intramolecular Hbond substituents is 1. The van der Waals surface area contributed by atoms with Gasteiger partial charge in [0.15, 0.2) is 17.9 Å². The number of carbonyl (C=O) groups is 5. The van der Waals surface area contributed by atoms with Gasteiger partial charge in [0, 0.05) is 6.42 Å². The van der Waals surface area contributed by atoms with Crippen molar-refractivity contribution in [3.63, 3.8) is 0 Å². The minimum Gasteiger partial charge on any atom is -0.505 e. The average Bonchev–Trinajstić information content (AvgIpc) is 2.92. The summed E-state index contributed by atoms with van der Waals surface area (Å²) in [5.41, 5.74) is -0.215. The first-order valence-corrected chi connectivity index (χ1v) is 13.8. The molecule has 0 bridgehead atoms. The molecular formula is C29H42N2O9. The van der Waals surface area contributed by atoms with E-state index in [1.54, 1.807) is 0 Å². The van der Waals surface area contributed by atoms with Crippen molar-refractivity contribution in [2.75, 3.05) is 5.32 Å². The molecule has 0 saturated carbocycles. The fourth-order valence-corrected chi connectivity index (χ4v) is 4.37. The molecule has 0 spiro atoms. The van der Waals surface area contributed by atoms with Crippen LogP contribution < -0.4 is 10.6 Å². The summed E-state index contributed by atoms with van der Waals surface area (Å²) in [5, 5.41) is 15.1. The number of carbonyl (C=O) groups excluding carboxylic acids is 5. The number of phenols is 1. The van der Waals surface area contributed by atoms with Gasteiger partial charge in [0.05, 0.1) is 17.2 Å². The molecule has 1 aromatic rings. The number of benzene rings is 1. The highest BCUT2D eigenvalue weighted by Gasteiger charge is 2.44. The molecule has 40 heavy (non-hydrogen) atoms. The number of cyclic esters (lactones) is 2. The van der Waals surface area contributed by atoms with Gasteiger partial charge in [0.2, 0.25) is 6.41 Å². The van der Waals surface area contributed by atoms with E-state index in [-0.39, 0.29) is 23.6 Å². The summed E-state index contributed by atoms with van der Waals surface area (Å²) in [6.07, 6.45) is -0.202. The molecule has 0 aliphatic carbocycles. The van der Waals surface area contributed by atoms with Crippen LogP contribution in [0.5, 0.6) is 5.75 Å². The molecular weight excluding hydrogens is 520 g/mol. The summed E-state index contributed by atoms with van der Waals surface area (Å²) in [6.45, 7) is 11.0. The molecule has 1 fully saturated rings. The number of esters is 3. The first-order valence-electron chi connectivity index (χ1n) is 13.8. The lowest BCUT2D eigenvalue weighted by Crippen LogP contribution is -2.50. The monoisotopic (exact) mass is 562 g/mol. The lowest BCUT2D eigenvalue weighted by Gasteiger charge is -2.29. The van der Waals surface area contributed by atoms with Crippen LogP contribution in [0, 0.1) is 17.8 Å². The van der Waals surface area contributed by atoms with Gasteiger partial charge in [-0.2, -0.15) is 0 Å². The molecule has 0 aromatic heterocycles.